The van der Waals surface area contributed by atoms with Crippen molar-refractivity contribution in [3.63, 3.8) is 0 Å². The molecule has 0 saturated carbocycles. The molecular formula is C22H10BrClF3NO4. The molecule has 0 bridgehead atoms. The Balaban J connectivity index is 1.82. The van der Waals surface area contributed by atoms with Crippen LogP contribution in [0.25, 0.3) is 22.1 Å². The molecule has 0 N–H and O–H groups in total. The molecule has 0 aliphatic rings. The molecule has 0 aliphatic carbocycles. The molecular weight excluding hydrogens is 515 g/mol. The Morgan fingerprint density at radius 2 is 1.78 bits per heavy atom. The number of halogens is 5. The Hall–Kier alpha value is -3.17. The van der Waals surface area contributed by atoms with Crippen molar-refractivity contribution in [2.75, 3.05) is 0 Å². The molecule has 0 saturated heterocycles. The molecule has 0 fully saturated rings. The van der Waals surface area contributed by atoms with Crippen LogP contribution in [0.15, 0.2) is 74.6 Å². The van der Waals surface area contributed by atoms with Gasteiger partial charge in [0.05, 0.1) is 16.5 Å². The third-order valence-electron chi connectivity index (χ3n) is 4.41. The number of fused-ring (bicyclic) bond motifs is 1. The number of hydrogen-bond acceptors (Lipinski definition) is 5. The van der Waals surface area contributed by atoms with Crippen molar-refractivity contribution in [2.24, 2.45) is 0 Å². The van der Waals surface area contributed by atoms with Crippen LogP contribution >= 0.6 is 27.5 Å². The predicted molar refractivity (Wildman–Crippen MR) is 115 cm³/mol. The number of alkyl halides is 3. The SMILES string of the molecule is O=C(Oc1ccc2c(=O)c(-c3ccc(Cl)cc3)c(C(F)(F)F)oc2c1)c1cncc(Br)c1. The summed E-state index contributed by atoms with van der Waals surface area (Å²) in [5, 5.41) is 0.200. The van der Waals surface area contributed by atoms with E-state index in [4.69, 9.17) is 20.8 Å². The number of pyridine rings is 1. The lowest BCUT2D eigenvalue weighted by atomic mass is 10.0. The molecule has 2 aromatic heterocycles. The summed E-state index contributed by atoms with van der Waals surface area (Å²) in [6.07, 6.45) is -2.20. The maximum Gasteiger partial charge on any atom is 0.450 e. The van der Waals surface area contributed by atoms with Gasteiger partial charge in [0.2, 0.25) is 11.2 Å². The van der Waals surface area contributed by atoms with Gasteiger partial charge in [-0.2, -0.15) is 13.2 Å². The van der Waals surface area contributed by atoms with Crippen LogP contribution in [0, 0.1) is 0 Å². The first kappa shape index (κ1) is 22.0. The minimum atomic E-state index is -4.95. The fourth-order valence-electron chi connectivity index (χ4n) is 3.00. The maximum absolute atomic E-state index is 13.7. The van der Waals surface area contributed by atoms with Crippen LogP contribution < -0.4 is 10.2 Å². The molecule has 2 aromatic carbocycles. The number of hydrogen-bond donors (Lipinski definition) is 0. The van der Waals surface area contributed by atoms with E-state index in [1.807, 2.05) is 0 Å². The summed E-state index contributed by atoms with van der Waals surface area (Å²) in [6, 6.07) is 10.4. The Morgan fingerprint density at radius 1 is 1.06 bits per heavy atom. The van der Waals surface area contributed by atoms with E-state index in [2.05, 4.69) is 20.9 Å². The molecule has 10 heteroatoms. The Kier molecular flexibility index (Phi) is 5.79. The highest BCUT2D eigenvalue weighted by molar-refractivity contribution is 9.10. The van der Waals surface area contributed by atoms with Gasteiger partial charge < -0.3 is 9.15 Å². The number of ether oxygens (including phenoxy) is 1. The zero-order valence-electron chi connectivity index (χ0n) is 15.7. The lowest BCUT2D eigenvalue weighted by Gasteiger charge is -2.13. The molecule has 0 amide bonds. The Morgan fingerprint density at radius 3 is 2.44 bits per heavy atom. The summed E-state index contributed by atoms with van der Waals surface area (Å²) >= 11 is 8.98. The van der Waals surface area contributed by atoms with Crippen molar-refractivity contribution in [3.8, 4) is 16.9 Å². The third-order valence-corrected chi connectivity index (χ3v) is 5.09. The van der Waals surface area contributed by atoms with Crippen LogP contribution in [0.1, 0.15) is 16.1 Å². The van der Waals surface area contributed by atoms with Gasteiger partial charge in [0, 0.05) is 28.0 Å². The molecule has 0 unspecified atom stereocenters. The van der Waals surface area contributed by atoms with Crippen molar-refractivity contribution in [1.82, 2.24) is 4.98 Å². The lowest BCUT2D eigenvalue weighted by molar-refractivity contribution is -0.152. The van der Waals surface area contributed by atoms with E-state index >= 15 is 0 Å². The molecule has 162 valence electrons. The van der Waals surface area contributed by atoms with Crippen molar-refractivity contribution in [2.45, 2.75) is 6.18 Å². The lowest BCUT2D eigenvalue weighted by Crippen LogP contribution is -2.16. The van der Waals surface area contributed by atoms with Crippen molar-refractivity contribution in [3.05, 3.63) is 92.0 Å². The van der Waals surface area contributed by atoms with Gasteiger partial charge in [-0.15, -0.1) is 0 Å². The summed E-state index contributed by atoms with van der Waals surface area (Å²) in [4.78, 5) is 29.1. The number of nitrogens with zero attached hydrogens (tertiary/aromatic N) is 1. The number of rotatable bonds is 3. The van der Waals surface area contributed by atoms with Gasteiger partial charge in [0.15, 0.2) is 0 Å². The Bertz CT molecular complexity index is 1400. The third kappa shape index (κ3) is 4.39. The molecule has 4 aromatic rings. The van der Waals surface area contributed by atoms with Gasteiger partial charge in [0.25, 0.3) is 0 Å². The first-order valence-electron chi connectivity index (χ1n) is 8.90. The summed E-state index contributed by atoms with van der Waals surface area (Å²) in [6.45, 7) is 0. The van der Waals surface area contributed by atoms with E-state index in [0.29, 0.717) is 9.50 Å². The average Bonchev–Trinajstić information content (AvgIpc) is 2.73. The van der Waals surface area contributed by atoms with E-state index in [9.17, 15) is 22.8 Å². The summed E-state index contributed by atoms with van der Waals surface area (Å²) < 4.78 is 52.0. The number of esters is 1. The van der Waals surface area contributed by atoms with Gasteiger partial charge in [0.1, 0.15) is 11.3 Å². The summed E-state index contributed by atoms with van der Waals surface area (Å²) in [5.74, 6) is -2.34. The smallest absolute Gasteiger partial charge is 0.450 e. The van der Waals surface area contributed by atoms with Gasteiger partial charge in [-0.3, -0.25) is 9.78 Å². The van der Waals surface area contributed by atoms with Gasteiger partial charge in [-0.1, -0.05) is 23.7 Å². The van der Waals surface area contributed by atoms with Crippen LogP contribution in [0.4, 0.5) is 13.2 Å². The van der Waals surface area contributed by atoms with Crippen LogP contribution in [0.2, 0.25) is 5.02 Å². The van der Waals surface area contributed by atoms with E-state index in [1.165, 1.54) is 54.9 Å². The van der Waals surface area contributed by atoms with E-state index in [-0.39, 0.29) is 27.8 Å². The van der Waals surface area contributed by atoms with Crippen molar-refractivity contribution < 1.29 is 27.1 Å². The second kappa shape index (κ2) is 8.40. The molecule has 32 heavy (non-hydrogen) atoms. The Labute approximate surface area is 191 Å². The molecule has 5 nitrogen and oxygen atoms in total. The summed E-state index contributed by atoms with van der Waals surface area (Å²) in [5.41, 5.74) is -1.76. The topological polar surface area (TPSA) is 69.4 Å². The largest absolute Gasteiger partial charge is 0.450 e. The van der Waals surface area contributed by atoms with Crippen LogP contribution in [-0.4, -0.2) is 11.0 Å². The number of aromatic nitrogens is 1. The monoisotopic (exact) mass is 523 g/mol. The number of carbonyl (C=O) groups excluding carboxylic acids is 1. The second-order valence-electron chi connectivity index (χ2n) is 6.58. The first-order chi connectivity index (χ1) is 15.1. The summed E-state index contributed by atoms with van der Waals surface area (Å²) in [7, 11) is 0. The van der Waals surface area contributed by atoms with Crippen molar-refractivity contribution >= 4 is 44.5 Å². The first-order valence-corrected chi connectivity index (χ1v) is 10.1. The van der Waals surface area contributed by atoms with Gasteiger partial charge >= 0.3 is 12.1 Å². The van der Waals surface area contributed by atoms with E-state index < -0.39 is 28.9 Å². The van der Waals surface area contributed by atoms with Gasteiger partial charge in [-0.05, 0) is 51.8 Å². The van der Waals surface area contributed by atoms with Crippen LogP contribution in [-0.2, 0) is 6.18 Å². The molecule has 0 aliphatic heterocycles. The van der Waals surface area contributed by atoms with Gasteiger partial charge in [-0.25, -0.2) is 4.79 Å². The maximum atomic E-state index is 13.7. The normalized spacial score (nSPS) is 11.5. The molecule has 2 heterocycles. The van der Waals surface area contributed by atoms with Crippen molar-refractivity contribution in [1.29, 1.82) is 0 Å². The highest BCUT2D eigenvalue weighted by Crippen LogP contribution is 2.38. The highest BCUT2D eigenvalue weighted by atomic mass is 79.9. The minimum Gasteiger partial charge on any atom is -0.450 e. The van der Waals surface area contributed by atoms with Crippen LogP contribution in [0.3, 0.4) is 0 Å². The number of carbonyl (C=O) groups is 1. The molecule has 4 rings (SSSR count). The molecule has 0 spiro atoms. The number of benzene rings is 2. The van der Waals surface area contributed by atoms with E-state index in [1.54, 1.807) is 0 Å². The fourth-order valence-corrected chi connectivity index (χ4v) is 3.50. The standard InChI is InChI=1S/C22H10BrClF3NO4/c23-13-7-12(9-28-10-13)21(30)31-15-5-6-16-17(8-15)32-20(22(25,26)27)18(19(16)29)11-1-3-14(24)4-2-11/h1-10H. The average molecular weight is 525 g/mol. The second-order valence-corrected chi connectivity index (χ2v) is 7.93. The van der Waals surface area contributed by atoms with Crippen LogP contribution in [0.5, 0.6) is 5.75 Å². The van der Waals surface area contributed by atoms with E-state index in [0.717, 1.165) is 6.07 Å². The molecule has 0 radical (unpaired) electrons. The zero-order chi connectivity index (χ0) is 23.0. The fraction of sp³-hybridized carbons (Fsp3) is 0.0455. The minimum absolute atomic E-state index is 0.00929. The zero-order valence-corrected chi connectivity index (χ0v) is 18.1. The highest BCUT2D eigenvalue weighted by Gasteiger charge is 2.39. The predicted octanol–water partition coefficient (Wildman–Crippen LogP) is 6.51. The quantitative estimate of drug-likeness (QED) is 0.226. The molecule has 0 atom stereocenters.